The number of carbonyl (C=O) groups is 1. The maximum absolute atomic E-state index is 12.0. The van der Waals surface area contributed by atoms with Crippen LogP contribution in [0.2, 0.25) is 0 Å². The molecule has 92 valence electrons. The topological polar surface area (TPSA) is 20.3 Å². The molecule has 1 saturated heterocycles. The summed E-state index contributed by atoms with van der Waals surface area (Å²) in [5, 5.41) is 0. The molecule has 1 aromatic rings. The van der Waals surface area contributed by atoms with Crippen molar-refractivity contribution in [2.45, 2.75) is 45.8 Å². The average molecular weight is 231 g/mol. The minimum Gasteiger partial charge on any atom is -0.298 e. The number of hydrogen-bond donors (Lipinski definition) is 0. The molecule has 1 aliphatic heterocycles. The SMILES string of the molecule is C[C@@H]1C[C@@H](C)N(Cc2ccccc2)[C@@H](C)C1=O. The van der Waals surface area contributed by atoms with Gasteiger partial charge in [-0.3, -0.25) is 9.69 Å². The van der Waals surface area contributed by atoms with Crippen LogP contribution in [0.15, 0.2) is 30.3 Å². The Labute approximate surface area is 104 Å². The molecule has 0 N–H and O–H groups in total. The number of carbonyl (C=O) groups excluding carboxylic acids is 1. The summed E-state index contributed by atoms with van der Waals surface area (Å²) in [6.45, 7) is 7.19. The highest BCUT2D eigenvalue weighted by Gasteiger charge is 2.35. The van der Waals surface area contributed by atoms with E-state index in [1.165, 1.54) is 5.56 Å². The lowest BCUT2D eigenvalue weighted by molar-refractivity contribution is -0.133. The maximum Gasteiger partial charge on any atom is 0.152 e. The van der Waals surface area contributed by atoms with Crippen molar-refractivity contribution in [2.24, 2.45) is 5.92 Å². The van der Waals surface area contributed by atoms with Crippen LogP contribution in [-0.4, -0.2) is 22.8 Å². The summed E-state index contributed by atoms with van der Waals surface area (Å²) in [7, 11) is 0. The van der Waals surface area contributed by atoms with Gasteiger partial charge < -0.3 is 0 Å². The monoisotopic (exact) mass is 231 g/mol. The van der Waals surface area contributed by atoms with Crippen molar-refractivity contribution in [2.75, 3.05) is 0 Å². The van der Waals surface area contributed by atoms with Crippen LogP contribution >= 0.6 is 0 Å². The standard InChI is InChI=1S/C15H21NO/c1-11-9-12(2)16(13(3)15(11)17)10-14-7-5-4-6-8-14/h4-8,11-13H,9-10H2,1-3H3/t11-,12-,13+/m1/s1. The van der Waals surface area contributed by atoms with Crippen LogP contribution in [0, 0.1) is 5.92 Å². The molecule has 0 aliphatic carbocycles. The summed E-state index contributed by atoms with van der Waals surface area (Å²) >= 11 is 0. The van der Waals surface area contributed by atoms with Gasteiger partial charge in [0.15, 0.2) is 5.78 Å². The Morgan fingerprint density at radius 3 is 2.47 bits per heavy atom. The fraction of sp³-hybridized carbons (Fsp3) is 0.533. The van der Waals surface area contributed by atoms with Crippen molar-refractivity contribution in [1.82, 2.24) is 4.90 Å². The Kier molecular flexibility index (Phi) is 3.63. The molecule has 0 bridgehead atoms. The number of benzene rings is 1. The van der Waals surface area contributed by atoms with Gasteiger partial charge in [0.25, 0.3) is 0 Å². The molecule has 0 unspecified atom stereocenters. The van der Waals surface area contributed by atoms with Crippen LogP contribution in [0.25, 0.3) is 0 Å². The molecule has 0 radical (unpaired) electrons. The van der Waals surface area contributed by atoms with Crippen LogP contribution in [0.3, 0.4) is 0 Å². The average Bonchev–Trinajstić information content (AvgIpc) is 2.33. The predicted octanol–water partition coefficient (Wildman–Crippen LogP) is 2.87. The third-order valence-corrected chi connectivity index (χ3v) is 3.86. The van der Waals surface area contributed by atoms with Crippen LogP contribution in [0.5, 0.6) is 0 Å². The van der Waals surface area contributed by atoms with Gasteiger partial charge in [0.2, 0.25) is 0 Å². The number of Topliss-reactive ketones (excluding diaryl/α,β-unsaturated/α-hetero) is 1. The van der Waals surface area contributed by atoms with Crippen LogP contribution in [0.4, 0.5) is 0 Å². The van der Waals surface area contributed by atoms with Gasteiger partial charge in [-0.05, 0) is 25.8 Å². The van der Waals surface area contributed by atoms with Gasteiger partial charge in [0.1, 0.15) is 0 Å². The molecule has 1 fully saturated rings. The minimum absolute atomic E-state index is 0.0500. The van der Waals surface area contributed by atoms with Gasteiger partial charge in [-0.1, -0.05) is 37.3 Å². The molecule has 1 aromatic carbocycles. The van der Waals surface area contributed by atoms with Crippen molar-refractivity contribution in [3.05, 3.63) is 35.9 Å². The van der Waals surface area contributed by atoms with E-state index in [4.69, 9.17) is 0 Å². The first kappa shape index (κ1) is 12.3. The third kappa shape index (κ3) is 2.58. The number of piperidine rings is 1. The van der Waals surface area contributed by atoms with Crippen LogP contribution in [0.1, 0.15) is 32.8 Å². The summed E-state index contributed by atoms with van der Waals surface area (Å²) in [6, 6.07) is 10.9. The van der Waals surface area contributed by atoms with Gasteiger partial charge in [-0.2, -0.15) is 0 Å². The third-order valence-electron chi connectivity index (χ3n) is 3.86. The summed E-state index contributed by atoms with van der Waals surface area (Å²) in [5.41, 5.74) is 1.29. The van der Waals surface area contributed by atoms with Crippen LogP contribution < -0.4 is 0 Å². The van der Waals surface area contributed by atoms with E-state index >= 15 is 0 Å². The number of ketones is 1. The first-order valence-corrected chi connectivity index (χ1v) is 6.43. The van der Waals surface area contributed by atoms with Crippen LogP contribution in [-0.2, 0) is 11.3 Å². The quantitative estimate of drug-likeness (QED) is 0.780. The Hall–Kier alpha value is -1.15. The lowest BCUT2D eigenvalue weighted by atomic mass is 9.87. The maximum atomic E-state index is 12.0. The smallest absolute Gasteiger partial charge is 0.152 e. The van der Waals surface area contributed by atoms with Gasteiger partial charge in [-0.25, -0.2) is 0 Å². The zero-order chi connectivity index (χ0) is 12.4. The van der Waals surface area contributed by atoms with E-state index in [-0.39, 0.29) is 12.0 Å². The van der Waals surface area contributed by atoms with Gasteiger partial charge >= 0.3 is 0 Å². The van der Waals surface area contributed by atoms with Gasteiger partial charge in [0, 0.05) is 18.5 Å². The number of nitrogens with zero attached hydrogens (tertiary/aromatic N) is 1. The zero-order valence-electron chi connectivity index (χ0n) is 10.9. The Morgan fingerprint density at radius 2 is 1.82 bits per heavy atom. The molecule has 0 saturated carbocycles. The second-order valence-corrected chi connectivity index (χ2v) is 5.22. The fourth-order valence-electron chi connectivity index (χ4n) is 2.81. The van der Waals surface area contributed by atoms with Crippen molar-refractivity contribution in [3.8, 4) is 0 Å². The first-order chi connectivity index (χ1) is 8.09. The zero-order valence-corrected chi connectivity index (χ0v) is 10.9. The van der Waals surface area contributed by atoms with E-state index in [9.17, 15) is 4.79 Å². The summed E-state index contributed by atoms with van der Waals surface area (Å²) < 4.78 is 0. The van der Waals surface area contributed by atoms with E-state index in [0.29, 0.717) is 11.8 Å². The highest BCUT2D eigenvalue weighted by molar-refractivity contribution is 5.86. The van der Waals surface area contributed by atoms with E-state index in [1.54, 1.807) is 0 Å². The number of hydrogen-bond acceptors (Lipinski definition) is 2. The molecule has 2 nitrogen and oxygen atoms in total. The molecule has 1 aliphatic rings. The Balaban J connectivity index is 2.12. The van der Waals surface area contributed by atoms with Crippen molar-refractivity contribution in [1.29, 1.82) is 0 Å². The van der Waals surface area contributed by atoms with Crippen molar-refractivity contribution >= 4 is 5.78 Å². The highest BCUT2D eigenvalue weighted by Crippen LogP contribution is 2.26. The van der Waals surface area contributed by atoms with E-state index in [0.717, 1.165) is 13.0 Å². The molecule has 17 heavy (non-hydrogen) atoms. The molecule has 0 aromatic heterocycles. The molecular formula is C15H21NO. The number of rotatable bonds is 2. The molecule has 0 amide bonds. The van der Waals surface area contributed by atoms with E-state index < -0.39 is 0 Å². The second-order valence-electron chi connectivity index (χ2n) is 5.22. The van der Waals surface area contributed by atoms with Crippen molar-refractivity contribution in [3.63, 3.8) is 0 Å². The van der Waals surface area contributed by atoms with E-state index in [2.05, 4.69) is 43.0 Å². The largest absolute Gasteiger partial charge is 0.298 e. The minimum atomic E-state index is 0.0500. The van der Waals surface area contributed by atoms with Crippen molar-refractivity contribution < 1.29 is 4.79 Å². The Bertz CT molecular complexity index is 387. The normalized spacial score (nSPS) is 30.5. The lowest BCUT2D eigenvalue weighted by Gasteiger charge is -2.40. The molecular weight excluding hydrogens is 210 g/mol. The predicted molar refractivity (Wildman–Crippen MR) is 69.7 cm³/mol. The highest BCUT2D eigenvalue weighted by atomic mass is 16.1. The lowest BCUT2D eigenvalue weighted by Crippen LogP contribution is -2.51. The Morgan fingerprint density at radius 1 is 1.18 bits per heavy atom. The summed E-state index contributed by atoms with van der Waals surface area (Å²) in [5.74, 6) is 0.603. The molecule has 0 spiro atoms. The molecule has 2 heteroatoms. The second kappa shape index (κ2) is 5.01. The summed E-state index contributed by atoms with van der Waals surface area (Å²) in [6.07, 6.45) is 0.982. The summed E-state index contributed by atoms with van der Waals surface area (Å²) in [4.78, 5) is 14.3. The number of likely N-dealkylation sites (tertiary alicyclic amines) is 1. The molecule has 3 atom stereocenters. The fourth-order valence-corrected chi connectivity index (χ4v) is 2.81. The van der Waals surface area contributed by atoms with Gasteiger partial charge in [0.05, 0.1) is 6.04 Å². The van der Waals surface area contributed by atoms with E-state index in [1.807, 2.05) is 13.0 Å². The van der Waals surface area contributed by atoms with Gasteiger partial charge in [-0.15, -0.1) is 0 Å². The first-order valence-electron chi connectivity index (χ1n) is 6.43. The molecule has 2 rings (SSSR count). The molecule has 1 heterocycles.